The third kappa shape index (κ3) is 2.85. The van der Waals surface area contributed by atoms with Gasteiger partial charge in [0.1, 0.15) is 5.01 Å². The lowest BCUT2D eigenvalue weighted by molar-refractivity contribution is 0.0698. The summed E-state index contributed by atoms with van der Waals surface area (Å²) in [6.07, 6.45) is 1.80. The summed E-state index contributed by atoms with van der Waals surface area (Å²) in [4.78, 5) is 16.6. The lowest BCUT2D eigenvalue weighted by Crippen LogP contribution is -2.12. The van der Waals surface area contributed by atoms with Crippen molar-refractivity contribution < 1.29 is 9.90 Å². The number of nitrogens with one attached hydrogen (secondary N) is 1. The van der Waals surface area contributed by atoms with Gasteiger partial charge in [0.25, 0.3) is 0 Å². The summed E-state index contributed by atoms with van der Waals surface area (Å²) in [7, 11) is 0. The zero-order valence-electron chi connectivity index (χ0n) is 10.7. The molecule has 5 nitrogen and oxygen atoms in total. The molecule has 100 valence electrons. The fraction of sp³-hybridized carbons (Fsp3) is 0.231. The van der Waals surface area contributed by atoms with Crippen LogP contribution in [-0.2, 0) is 0 Å². The third-order valence-electron chi connectivity index (χ3n) is 2.70. The monoisotopic (exact) mass is 277 g/mol. The van der Waals surface area contributed by atoms with E-state index in [9.17, 15) is 4.79 Å². The molecule has 2 rings (SSSR count). The topological polar surface area (TPSA) is 88.2 Å². The second-order valence-corrected chi connectivity index (χ2v) is 5.52. The second kappa shape index (κ2) is 5.27. The molecule has 0 fully saturated rings. The Kier molecular flexibility index (Phi) is 3.71. The maximum atomic E-state index is 11.2. The molecular weight excluding hydrogens is 262 g/mol. The van der Waals surface area contributed by atoms with Crippen LogP contribution in [0.15, 0.2) is 24.4 Å². The van der Waals surface area contributed by atoms with E-state index in [0.29, 0.717) is 11.4 Å². The number of para-hydroxylation sites is 1. The van der Waals surface area contributed by atoms with Gasteiger partial charge in [-0.25, -0.2) is 9.78 Å². The smallest absolute Gasteiger partial charge is 0.337 e. The number of aryl methyl sites for hydroxylation is 1. The number of thiazole rings is 1. The van der Waals surface area contributed by atoms with Crippen LogP contribution >= 0.6 is 11.3 Å². The quantitative estimate of drug-likeness (QED) is 0.748. The summed E-state index contributed by atoms with van der Waals surface area (Å²) in [6.45, 7) is 3.91. The molecule has 0 radical (unpaired) electrons. The molecular formula is C13H15N3O2S. The number of rotatable bonds is 4. The van der Waals surface area contributed by atoms with Gasteiger partial charge in [-0.1, -0.05) is 6.07 Å². The van der Waals surface area contributed by atoms with E-state index < -0.39 is 5.97 Å². The van der Waals surface area contributed by atoms with E-state index in [-0.39, 0.29) is 11.6 Å². The van der Waals surface area contributed by atoms with E-state index in [1.807, 2.05) is 13.8 Å². The lowest BCUT2D eigenvalue weighted by Gasteiger charge is -2.16. The molecule has 0 aliphatic carbocycles. The van der Waals surface area contributed by atoms with Crippen molar-refractivity contribution in [2.24, 2.45) is 0 Å². The van der Waals surface area contributed by atoms with Crippen molar-refractivity contribution >= 4 is 28.7 Å². The van der Waals surface area contributed by atoms with Crippen LogP contribution in [0.4, 0.5) is 11.4 Å². The molecule has 6 heteroatoms. The van der Waals surface area contributed by atoms with Gasteiger partial charge >= 0.3 is 5.97 Å². The predicted octanol–water partition coefficient (Wildman–Crippen LogP) is 2.91. The number of hydrogen-bond acceptors (Lipinski definition) is 5. The molecule has 19 heavy (non-hydrogen) atoms. The van der Waals surface area contributed by atoms with Crippen molar-refractivity contribution in [1.29, 1.82) is 0 Å². The molecule has 0 aliphatic rings. The average Bonchev–Trinajstić information content (AvgIpc) is 2.78. The van der Waals surface area contributed by atoms with Crippen molar-refractivity contribution in [2.75, 3.05) is 11.1 Å². The van der Waals surface area contributed by atoms with Crippen molar-refractivity contribution in [3.8, 4) is 0 Å². The summed E-state index contributed by atoms with van der Waals surface area (Å²) in [5, 5.41) is 13.2. The molecule has 0 bridgehead atoms. The zero-order valence-corrected chi connectivity index (χ0v) is 11.5. The van der Waals surface area contributed by atoms with Gasteiger partial charge in [0.2, 0.25) is 0 Å². The molecule has 0 saturated carbocycles. The van der Waals surface area contributed by atoms with E-state index in [1.165, 1.54) is 6.07 Å². The molecule has 0 amide bonds. The largest absolute Gasteiger partial charge is 0.478 e. The first kappa shape index (κ1) is 13.4. The predicted molar refractivity (Wildman–Crippen MR) is 76.7 cm³/mol. The summed E-state index contributed by atoms with van der Waals surface area (Å²) in [5.74, 6) is -1.00. The number of carbonyl (C=O) groups is 1. The van der Waals surface area contributed by atoms with Gasteiger partial charge in [-0.3, -0.25) is 0 Å². The van der Waals surface area contributed by atoms with Gasteiger partial charge in [-0.15, -0.1) is 11.3 Å². The van der Waals surface area contributed by atoms with Crippen LogP contribution in [0.2, 0.25) is 0 Å². The minimum atomic E-state index is -1.00. The number of benzene rings is 1. The van der Waals surface area contributed by atoms with Gasteiger partial charge in [0.05, 0.1) is 23.0 Å². The van der Waals surface area contributed by atoms with E-state index >= 15 is 0 Å². The highest BCUT2D eigenvalue weighted by atomic mass is 32.1. The maximum absolute atomic E-state index is 11.2. The summed E-state index contributed by atoms with van der Waals surface area (Å²) < 4.78 is 0. The molecule has 0 saturated heterocycles. The Morgan fingerprint density at radius 2 is 2.26 bits per heavy atom. The van der Waals surface area contributed by atoms with Crippen LogP contribution in [-0.4, -0.2) is 16.1 Å². The molecule has 0 spiro atoms. The molecule has 1 heterocycles. The second-order valence-electron chi connectivity index (χ2n) is 4.25. The molecule has 1 atom stereocenters. The van der Waals surface area contributed by atoms with Gasteiger partial charge < -0.3 is 16.2 Å². The van der Waals surface area contributed by atoms with Gasteiger partial charge in [-0.05, 0) is 26.0 Å². The van der Waals surface area contributed by atoms with E-state index in [1.54, 1.807) is 29.7 Å². The van der Waals surface area contributed by atoms with Crippen LogP contribution < -0.4 is 11.1 Å². The van der Waals surface area contributed by atoms with Gasteiger partial charge in [0, 0.05) is 11.1 Å². The fourth-order valence-electron chi connectivity index (χ4n) is 1.76. The maximum Gasteiger partial charge on any atom is 0.337 e. The highest BCUT2D eigenvalue weighted by Crippen LogP contribution is 2.29. The normalized spacial score (nSPS) is 12.1. The van der Waals surface area contributed by atoms with Crippen molar-refractivity contribution in [2.45, 2.75) is 19.9 Å². The Morgan fingerprint density at radius 1 is 1.53 bits per heavy atom. The highest BCUT2D eigenvalue weighted by molar-refractivity contribution is 7.11. The van der Waals surface area contributed by atoms with E-state index in [4.69, 9.17) is 10.8 Å². The van der Waals surface area contributed by atoms with Crippen LogP contribution in [0.5, 0.6) is 0 Å². The molecule has 4 N–H and O–H groups in total. The summed E-state index contributed by atoms with van der Waals surface area (Å²) in [6, 6.07) is 4.74. The van der Waals surface area contributed by atoms with Crippen molar-refractivity contribution in [3.63, 3.8) is 0 Å². The molecule has 1 unspecified atom stereocenters. The number of aromatic carboxylic acids is 1. The van der Waals surface area contributed by atoms with Crippen LogP contribution in [0.1, 0.15) is 33.2 Å². The number of anilines is 2. The first-order valence-electron chi connectivity index (χ1n) is 5.79. The van der Waals surface area contributed by atoms with Crippen molar-refractivity contribution in [3.05, 3.63) is 39.8 Å². The number of nitrogens with zero attached hydrogens (tertiary/aromatic N) is 1. The molecule has 2 aromatic rings. The lowest BCUT2D eigenvalue weighted by atomic mass is 10.1. The van der Waals surface area contributed by atoms with Crippen LogP contribution in [0.25, 0.3) is 0 Å². The van der Waals surface area contributed by atoms with E-state index in [0.717, 1.165) is 9.88 Å². The Bertz CT molecular complexity index is 610. The standard InChI is InChI=1S/C13H15N3O2S/c1-7-6-15-12(19-7)8(2)16-11-9(13(17)18)4-3-5-10(11)14/h3-6,8,16H,14H2,1-2H3,(H,17,18). The third-order valence-corrected chi connectivity index (χ3v) is 3.79. The Morgan fingerprint density at radius 3 is 2.84 bits per heavy atom. The summed E-state index contributed by atoms with van der Waals surface area (Å²) in [5.41, 5.74) is 6.87. The molecule has 1 aromatic heterocycles. The first-order valence-corrected chi connectivity index (χ1v) is 6.61. The Labute approximate surface area is 115 Å². The van der Waals surface area contributed by atoms with Crippen LogP contribution in [0.3, 0.4) is 0 Å². The number of aromatic nitrogens is 1. The first-order chi connectivity index (χ1) is 8.99. The number of nitrogens with two attached hydrogens (primary N) is 1. The number of carboxylic acid groups (broad SMARTS) is 1. The minimum absolute atomic E-state index is 0.0958. The summed E-state index contributed by atoms with van der Waals surface area (Å²) >= 11 is 1.57. The van der Waals surface area contributed by atoms with Crippen LogP contribution in [0, 0.1) is 6.92 Å². The Balaban J connectivity index is 2.30. The van der Waals surface area contributed by atoms with Gasteiger partial charge in [0.15, 0.2) is 0 Å². The molecule has 0 aliphatic heterocycles. The SMILES string of the molecule is Cc1cnc(C(C)Nc2c(N)cccc2C(=O)O)s1. The fourth-order valence-corrected chi connectivity index (χ4v) is 2.54. The minimum Gasteiger partial charge on any atom is -0.478 e. The van der Waals surface area contributed by atoms with Gasteiger partial charge in [-0.2, -0.15) is 0 Å². The number of nitrogen functional groups attached to an aromatic ring is 1. The average molecular weight is 277 g/mol. The Hall–Kier alpha value is -2.08. The zero-order chi connectivity index (χ0) is 14.0. The number of hydrogen-bond donors (Lipinski definition) is 3. The number of carboxylic acids is 1. The highest BCUT2D eigenvalue weighted by Gasteiger charge is 2.16. The van der Waals surface area contributed by atoms with Crippen molar-refractivity contribution in [1.82, 2.24) is 4.98 Å². The molecule has 1 aromatic carbocycles. The van der Waals surface area contributed by atoms with E-state index in [2.05, 4.69) is 10.3 Å².